The number of ether oxygens (including phenoxy) is 1. The Morgan fingerprint density at radius 3 is 3.03 bits per heavy atom. The maximum atomic E-state index is 12.1. The van der Waals surface area contributed by atoms with E-state index in [2.05, 4.69) is 16.9 Å². The monoisotopic (exact) mass is 431 g/mol. The minimum atomic E-state index is -0.636. The highest BCUT2D eigenvalue weighted by molar-refractivity contribution is 8.01. The summed E-state index contributed by atoms with van der Waals surface area (Å²) < 4.78 is 12.2. The van der Waals surface area contributed by atoms with Gasteiger partial charge in [0.25, 0.3) is 0 Å². The quantitative estimate of drug-likeness (QED) is 0.123. The van der Waals surface area contributed by atoms with Crippen molar-refractivity contribution < 1.29 is 18.9 Å². The summed E-state index contributed by atoms with van der Waals surface area (Å²) in [5.74, 6) is 0.277. The van der Waals surface area contributed by atoms with E-state index in [9.17, 15) is 14.9 Å². The molecule has 0 fully saturated rings. The molecule has 0 atom stereocenters. The van der Waals surface area contributed by atoms with Gasteiger partial charge in [0.05, 0.1) is 29.5 Å². The van der Waals surface area contributed by atoms with E-state index >= 15 is 0 Å². The van der Waals surface area contributed by atoms with Crippen LogP contribution in [0.3, 0.4) is 0 Å². The molecule has 0 spiro atoms. The second-order valence-corrected chi connectivity index (χ2v) is 8.00. The lowest BCUT2D eigenvalue weighted by Crippen LogP contribution is -2.07. The largest absolute Gasteiger partial charge is 0.433 e. The van der Waals surface area contributed by atoms with E-state index in [1.165, 1.54) is 24.3 Å². The molecule has 0 radical (unpaired) electrons. The maximum absolute atomic E-state index is 12.1. The third kappa shape index (κ3) is 6.01. The molecule has 0 bridgehead atoms. The first-order chi connectivity index (χ1) is 14.0. The fraction of sp³-hybridized carbons (Fsp3) is 0.158. The number of nitrogens with one attached hydrogen (secondary N) is 1. The standard InChI is InChI=1S/C19H17N3O5S2/c1-2-9-26-10-11-28-19-21-15-6-3-13(12-16(15)29-19)20-17(23)7-4-14-5-8-18(27-14)22(24)25/h2-8,12H,1,9-11H2,(H,20,23). The van der Waals surface area contributed by atoms with E-state index in [0.717, 1.165) is 20.3 Å². The highest BCUT2D eigenvalue weighted by Gasteiger charge is 2.10. The lowest BCUT2D eigenvalue weighted by molar-refractivity contribution is -0.402. The van der Waals surface area contributed by atoms with Crippen LogP contribution in [-0.2, 0) is 9.53 Å². The minimum absolute atomic E-state index is 0.225. The fourth-order valence-electron chi connectivity index (χ4n) is 2.27. The van der Waals surface area contributed by atoms with Gasteiger partial charge in [-0.25, -0.2) is 4.98 Å². The van der Waals surface area contributed by atoms with Gasteiger partial charge in [-0.2, -0.15) is 0 Å². The van der Waals surface area contributed by atoms with Crippen LogP contribution in [0.4, 0.5) is 11.6 Å². The van der Waals surface area contributed by atoms with Crippen molar-refractivity contribution in [1.29, 1.82) is 0 Å². The Bertz CT molecular complexity index is 1060. The molecule has 0 saturated heterocycles. The average Bonchev–Trinajstić information content (AvgIpc) is 3.32. The zero-order valence-electron chi connectivity index (χ0n) is 15.2. The number of fused-ring (bicyclic) bond motifs is 1. The number of furan rings is 1. The van der Waals surface area contributed by atoms with Crippen LogP contribution in [0.1, 0.15) is 5.76 Å². The van der Waals surface area contributed by atoms with E-state index in [4.69, 9.17) is 9.15 Å². The van der Waals surface area contributed by atoms with Crippen LogP contribution < -0.4 is 5.32 Å². The van der Waals surface area contributed by atoms with Crippen LogP contribution in [0.2, 0.25) is 0 Å². The van der Waals surface area contributed by atoms with Crippen molar-refractivity contribution in [3.63, 3.8) is 0 Å². The summed E-state index contributed by atoms with van der Waals surface area (Å²) in [4.78, 5) is 26.6. The molecule has 3 rings (SSSR count). The Labute approximate surface area is 174 Å². The predicted octanol–water partition coefficient (Wildman–Crippen LogP) is 4.74. The smallest absolute Gasteiger partial charge is 0.401 e. The number of thioether (sulfide) groups is 1. The van der Waals surface area contributed by atoms with Gasteiger partial charge in [0.1, 0.15) is 10.7 Å². The predicted molar refractivity (Wildman–Crippen MR) is 114 cm³/mol. The van der Waals surface area contributed by atoms with Gasteiger partial charge in [0, 0.05) is 17.5 Å². The Kier molecular flexibility index (Phi) is 7.17. The minimum Gasteiger partial charge on any atom is -0.401 e. The van der Waals surface area contributed by atoms with E-state index in [-0.39, 0.29) is 17.6 Å². The molecule has 0 aliphatic heterocycles. The van der Waals surface area contributed by atoms with E-state index in [1.54, 1.807) is 35.2 Å². The molecule has 1 N–H and O–H groups in total. The highest BCUT2D eigenvalue weighted by atomic mass is 32.2. The molecule has 0 aliphatic rings. The summed E-state index contributed by atoms with van der Waals surface area (Å²) in [7, 11) is 0. The zero-order valence-corrected chi connectivity index (χ0v) is 16.8. The summed E-state index contributed by atoms with van der Waals surface area (Å²) in [5, 5.41) is 13.3. The number of carbonyl (C=O) groups is 1. The molecule has 3 aromatic rings. The number of hydrogen-bond donors (Lipinski definition) is 1. The van der Waals surface area contributed by atoms with Crippen molar-refractivity contribution in [2.75, 3.05) is 24.3 Å². The number of nitro groups is 1. The lowest BCUT2D eigenvalue weighted by atomic mass is 10.3. The van der Waals surface area contributed by atoms with Crippen molar-refractivity contribution in [3.8, 4) is 0 Å². The SMILES string of the molecule is C=CCOCCSc1nc2ccc(NC(=O)C=Cc3ccc([N+](=O)[O-])o3)cc2s1. The van der Waals surface area contributed by atoms with E-state index < -0.39 is 4.92 Å². The highest BCUT2D eigenvalue weighted by Crippen LogP contribution is 2.31. The summed E-state index contributed by atoms with van der Waals surface area (Å²) >= 11 is 3.16. The molecule has 2 heterocycles. The van der Waals surface area contributed by atoms with Crippen molar-refractivity contribution in [2.45, 2.75) is 4.34 Å². The Morgan fingerprint density at radius 2 is 2.28 bits per heavy atom. The fourth-order valence-corrected chi connectivity index (χ4v) is 4.30. The van der Waals surface area contributed by atoms with Gasteiger partial charge in [-0.05, 0) is 30.3 Å². The van der Waals surface area contributed by atoms with Gasteiger partial charge in [-0.3, -0.25) is 14.9 Å². The first-order valence-electron chi connectivity index (χ1n) is 8.50. The lowest BCUT2D eigenvalue weighted by Gasteiger charge is -2.01. The number of anilines is 1. The zero-order chi connectivity index (χ0) is 20.6. The second-order valence-electron chi connectivity index (χ2n) is 5.63. The van der Waals surface area contributed by atoms with Gasteiger partial charge in [-0.1, -0.05) is 17.8 Å². The Hall–Kier alpha value is -2.95. The molecule has 0 saturated carbocycles. The molecule has 1 aromatic carbocycles. The van der Waals surface area contributed by atoms with E-state index in [0.29, 0.717) is 18.9 Å². The van der Waals surface area contributed by atoms with Crippen molar-refractivity contribution in [2.24, 2.45) is 0 Å². The molecular formula is C19H17N3O5S2. The van der Waals surface area contributed by atoms with Crippen LogP contribution in [0.5, 0.6) is 0 Å². The van der Waals surface area contributed by atoms with Crippen LogP contribution in [0.25, 0.3) is 16.3 Å². The molecular weight excluding hydrogens is 414 g/mol. The summed E-state index contributed by atoms with van der Waals surface area (Å²) in [6, 6.07) is 8.13. The number of nitrogens with zero attached hydrogens (tertiary/aromatic N) is 2. The third-order valence-electron chi connectivity index (χ3n) is 3.52. The molecule has 29 heavy (non-hydrogen) atoms. The van der Waals surface area contributed by atoms with E-state index in [1.807, 2.05) is 12.1 Å². The third-order valence-corrected chi connectivity index (χ3v) is 5.64. The average molecular weight is 431 g/mol. The Morgan fingerprint density at radius 1 is 1.41 bits per heavy atom. The van der Waals surface area contributed by atoms with Crippen molar-refractivity contribution >= 4 is 56.9 Å². The molecule has 10 heteroatoms. The van der Waals surface area contributed by atoms with Gasteiger partial charge in [0.2, 0.25) is 5.91 Å². The molecule has 150 valence electrons. The molecule has 1 amide bonds. The van der Waals surface area contributed by atoms with Gasteiger partial charge < -0.3 is 14.5 Å². The number of hydrogen-bond acceptors (Lipinski definition) is 8. The first-order valence-corrected chi connectivity index (χ1v) is 10.3. The normalized spacial score (nSPS) is 11.2. The van der Waals surface area contributed by atoms with Gasteiger partial charge in [-0.15, -0.1) is 17.9 Å². The van der Waals surface area contributed by atoms with Crippen LogP contribution in [-0.4, -0.2) is 34.8 Å². The number of amides is 1. The summed E-state index contributed by atoms with van der Waals surface area (Å²) in [6.07, 6.45) is 4.34. The van der Waals surface area contributed by atoms with Crippen LogP contribution in [0.15, 0.2) is 57.8 Å². The van der Waals surface area contributed by atoms with Gasteiger partial charge >= 0.3 is 5.88 Å². The van der Waals surface area contributed by atoms with Crippen molar-refractivity contribution in [1.82, 2.24) is 4.98 Å². The summed E-state index contributed by atoms with van der Waals surface area (Å²) in [6.45, 7) is 4.76. The number of thiazole rings is 1. The summed E-state index contributed by atoms with van der Waals surface area (Å²) in [5.41, 5.74) is 1.49. The topological polar surface area (TPSA) is 108 Å². The number of rotatable bonds is 10. The molecule has 2 aromatic heterocycles. The Balaban J connectivity index is 1.57. The first kappa shape index (κ1) is 20.8. The maximum Gasteiger partial charge on any atom is 0.433 e. The molecule has 0 aliphatic carbocycles. The number of carbonyl (C=O) groups excluding carboxylic acids is 1. The number of aromatic nitrogens is 1. The number of benzene rings is 1. The molecule has 8 nitrogen and oxygen atoms in total. The van der Waals surface area contributed by atoms with Crippen LogP contribution in [0, 0.1) is 10.1 Å². The second kappa shape index (κ2) is 10.0. The van der Waals surface area contributed by atoms with Crippen LogP contribution >= 0.6 is 23.1 Å². The van der Waals surface area contributed by atoms with Gasteiger partial charge in [0.15, 0.2) is 4.34 Å². The van der Waals surface area contributed by atoms with Crippen molar-refractivity contribution in [3.05, 3.63) is 64.9 Å². The molecule has 0 unspecified atom stereocenters.